The lowest BCUT2D eigenvalue weighted by atomic mass is 10.0. The van der Waals surface area contributed by atoms with E-state index in [1.165, 1.54) is 48.5 Å². The molecule has 0 bridgehead atoms. The smallest absolute Gasteiger partial charge is 0.387 e. The number of carboxylic acids is 1. The number of alkyl halides is 2. The van der Waals surface area contributed by atoms with Gasteiger partial charge in [-0.05, 0) is 62.9 Å². The van der Waals surface area contributed by atoms with Gasteiger partial charge < -0.3 is 29.8 Å². The van der Waals surface area contributed by atoms with Crippen molar-refractivity contribution >= 4 is 17.8 Å². The number of hydrogen-bond acceptors (Lipinski definition) is 9. The van der Waals surface area contributed by atoms with E-state index < -0.39 is 30.3 Å². The number of nitrogens with two attached hydrogens (primary N) is 1. The fraction of sp³-hybridized carbons (Fsp3) is 0.400. The van der Waals surface area contributed by atoms with Crippen LogP contribution in [0.25, 0.3) is 0 Å². The minimum atomic E-state index is -3.06. The summed E-state index contributed by atoms with van der Waals surface area (Å²) in [7, 11) is 1.23. The van der Waals surface area contributed by atoms with Crippen LogP contribution in [0.4, 0.5) is 14.6 Å². The van der Waals surface area contributed by atoms with E-state index in [1.807, 2.05) is 0 Å². The van der Waals surface area contributed by atoms with E-state index in [9.17, 15) is 23.5 Å². The highest BCUT2D eigenvalue weighted by Gasteiger charge is 2.50. The summed E-state index contributed by atoms with van der Waals surface area (Å²) in [5, 5.41) is 10.1. The monoisotopic (exact) mass is 519 g/mol. The maximum absolute atomic E-state index is 13.0. The molecule has 2 atom stereocenters. The van der Waals surface area contributed by atoms with Crippen molar-refractivity contribution in [1.82, 2.24) is 4.98 Å². The number of rotatable bonds is 10. The molecule has 10 nitrogen and oxygen atoms in total. The van der Waals surface area contributed by atoms with Gasteiger partial charge in [-0.2, -0.15) is 8.78 Å². The number of pyridine rings is 1. The summed E-state index contributed by atoms with van der Waals surface area (Å²) < 4.78 is 47.4. The average molecular weight is 520 g/mol. The van der Waals surface area contributed by atoms with Gasteiger partial charge >= 0.3 is 18.6 Å². The molecule has 2 aliphatic rings. The van der Waals surface area contributed by atoms with Crippen molar-refractivity contribution in [3.63, 3.8) is 0 Å². The van der Waals surface area contributed by atoms with E-state index >= 15 is 0 Å². The predicted molar refractivity (Wildman–Crippen MR) is 126 cm³/mol. The molecule has 1 aromatic carbocycles. The Morgan fingerprint density at radius 1 is 1.27 bits per heavy atom. The summed E-state index contributed by atoms with van der Waals surface area (Å²) in [6.07, 6.45) is 3.21. The third-order valence-corrected chi connectivity index (χ3v) is 6.07. The zero-order valence-corrected chi connectivity index (χ0v) is 20.4. The molecule has 3 N–H and O–H groups in total. The lowest BCUT2D eigenvalue weighted by Gasteiger charge is -2.36. The average Bonchev–Trinajstić information content (AvgIpc) is 3.63. The van der Waals surface area contributed by atoms with E-state index in [4.69, 9.17) is 19.9 Å². The third kappa shape index (κ3) is 5.29. The van der Waals surface area contributed by atoms with Crippen molar-refractivity contribution in [3.8, 4) is 11.5 Å². The molecule has 37 heavy (non-hydrogen) atoms. The van der Waals surface area contributed by atoms with Crippen LogP contribution in [-0.4, -0.2) is 48.4 Å². The highest BCUT2D eigenvalue weighted by Crippen LogP contribution is 2.47. The van der Waals surface area contributed by atoms with Gasteiger partial charge in [0, 0.05) is 11.8 Å². The molecule has 2 aromatic rings. The standard InChI is InChI=1S/C25H27F2N3O7/c1-13(28)21-20(22(31)32)30(19-9-6-15(11-29-19)23(33)34-3)25(2,37-21)16-7-8-17(36-24(26)27)18(10-16)35-12-14-4-5-14/h6-11,13-14,24H,4-5,12,28H2,1-3H3,(H,31,32)/t13?,25-/m0/s1. The summed E-state index contributed by atoms with van der Waals surface area (Å²) >= 11 is 0. The molecule has 0 saturated heterocycles. The molecule has 1 aromatic heterocycles. The van der Waals surface area contributed by atoms with Gasteiger partial charge in [0.1, 0.15) is 11.6 Å². The number of halogens is 2. The first-order chi connectivity index (χ1) is 17.5. The van der Waals surface area contributed by atoms with E-state index in [-0.39, 0.29) is 34.3 Å². The number of ether oxygens (including phenoxy) is 4. The second-order valence-corrected chi connectivity index (χ2v) is 8.92. The Kier molecular flexibility index (Phi) is 7.21. The molecule has 1 aliphatic heterocycles. The van der Waals surface area contributed by atoms with E-state index in [2.05, 4.69) is 9.72 Å². The van der Waals surface area contributed by atoms with Crippen LogP contribution in [0.3, 0.4) is 0 Å². The number of aliphatic carboxylic acids is 1. The molecule has 4 rings (SSSR count). The Labute approximate surface area is 211 Å². The van der Waals surface area contributed by atoms with Gasteiger partial charge in [-0.25, -0.2) is 14.6 Å². The second-order valence-electron chi connectivity index (χ2n) is 8.92. The molecule has 0 radical (unpaired) electrons. The predicted octanol–water partition coefficient (Wildman–Crippen LogP) is 3.61. The van der Waals surface area contributed by atoms with Crippen LogP contribution in [-0.2, 0) is 20.0 Å². The zero-order valence-electron chi connectivity index (χ0n) is 20.4. The number of benzene rings is 1. The number of nitrogens with zero attached hydrogens (tertiary/aromatic N) is 2. The van der Waals surface area contributed by atoms with Gasteiger partial charge in [-0.1, -0.05) is 0 Å². The first-order valence-corrected chi connectivity index (χ1v) is 11.5. The lowest BCUT2D eigenvalue weighted by molar-refractivity contribution is -0.132. The van der Waals surface area contributed by atoms with Crippen molar-refractivity contribution in [2.75, 3.05) is 18.6 Å². The maximum atomic E-state index is 13.0. The van der Waals surface area contributed by atoms with Gasteiger partial charge in [0.15, 0.2) is 17.2 Å². The number of anilines is 1. The summed E-state index contributed by atoms with van der Waals surface area (Å²) in [6, 6.07) is 6.33. The fourth-order valence-corrected chi connectivity index (χ4v) is 4.01. The number of hydrogen-bond donors (Lipinski definition) is 2. The number of aromatic nitrogens is 1. The lowest BCUT2D eigenvalue weighted by Crippen LogP contribution is -2.42. The SMILES string of the molecule is COC(=O)c1ccc(N2C(C(=O)O)=C(C(C)N)O[C@@]2(C)c2ccc(OC(F)F)c(OCC3CC3)c2)nc1. The molecule has 12 heteroatoms. The minimum Gasteiger partial charge on any atom is -0.489 e. The number of methoxy groups -OCH3 is 1. The Bertz CT molecular complexity index is 1220. The topological polar surface area (TPSA) is 133 Å². The fourth-order valence-electron chi connectivity index (χ4n) is 4.01. The van der Waals surface area contributed by atoms with Crippen molar-refractivity contribution in [3.05, 3.63) is 59.1 Å². The molecule has 1 unspecified atom stereocenters. The molecular weight excluding hydrogens is 492 g/mol. The van der Waals surface area contributed by atoms with Crippen LogP contribution in [0.15, 0.2) is 48.0 Å². The van der Waals surface area contributed by atoms with E-state index in [1.54, 1.807) is 13.8 Å². The summed E-state index contributed by atoms with van der Waals surface area (Å²) in [5.41, 5.74) is 4.80. The highest BCUT2D eigenvalue weighted by molar-refractivity contribution is 5.93. The van der Waals surface area contributed by atoms with Gasteiger partial charge in [0.05, 0.1) is 25.3 Å². The summed E-state index contributed by atoms with van der Waals surface area (Å²) in [5.74, 6) is -1.57. The number of carboxylic acid groups (broad SMARTS) is 1. The van der Waals surface area contributed by atoms with Crippen LogP contribution in [0.5, 0.6) is 11.5 Å². The highest BCUT2D eigenvalue weighted by atomic mass is 19.3. The van der Waals surface area contributed by atoms with Crippen molar-refractivity contribution < 1.29 is 42.4 Å². The van der Waals surface area contributed by atoms with E-state index in [0.29, 0.717) is 18.1 Å². The molecule has 0 amide bonds. The maximum Gasteiger partial charge on any atom is 0.387 e. The first kappa shape index (κ1) is 26.1. The Balaban J connectivity index is 1.82. The largest absolute Gasteiger partial charge is 0.489 e. The van der Waals surface area contributed by atoms with Crippen molar-refractivity contribution in [2.45, 2.75) is 45.1 Å². The molecule has 0 spiro atoms. The normalized spacial score (nSPS) is 20.0. The van der Waals surface area contributed by atoms with Gasteiger partial charge in [0.25, 0.3) is 0 Å². The van der Waals surface area contributed by atoms with Crippen LogP contribution < -0.4 is 20.1 Å². The van der Waals surface area contributed by atoms with Crippen LogP contribution >= 0.6 is 0 Å². The van der Waals surface area contributed by atoms with Crippen molar-refractivity contribution in [2.24, 2.45) is 11.7 Å². The van der Waals surface area contributed by atoms with Crippen LogP contribution in [0.2, 0.25) is 0 Å². The molecule has 1 aliphatic carbocycles. The molecule has 198 valence electrons. The summed E-state index contributed by atoms with van der Waals surface area (Å²) in [4.78, 5) is 29.9. The molecule has 1 fully saturated rings. The Hall–Kier alpha value is -3.93. The minimum absolute atomic E-state index is 0.0119. The van der Waals surface area contributed by atoms with Crippen LogP contribution in [0.1, 0.15) is 42.6 Å². The molecular formula is C25H27F2N3O7. The Morgan fingerprint density at radius 2 is 2.00 bits per heavy atom. The number of carbonyl (C=O) groups excluding carboxylic acids is 1. The van der Waals surface area contributed by atoms with Gasteiger partial charge in [-0.15, -0.1) is 0 Å². The van der Waals surface area contributed by atoms with E-state index in [0.717, 1.165) is 12.8 Å². The molecule has 1 saturated carbocycles. The first-order valence-electron chi connectivity index (χ1n) is 11.5. The van der Waals surface area contributed by atoms with Crippen molar-refractivity contribution in [1.29, 1.82) is 0 Å². The summed E-state index contributed by atoms with van der Waals surface area (Å²) in [6.45, 7) is 0.422. The Morgan fingerprint density at radius 3 is 2.54 bits per heavy atom. The number of esters is 1. The third-order valence-electron chi connectivity index (χ3n) is 6.07. The van der Waals surface area contributed by atoms with Gasteiger partial charge in [-0.3, -0.25) is 4.90 Å². The quantitative estimate of drug-likeness (QED) is 0.449. The van der Waals surface area contributed by atoms with Gasteiger partial charge in [0.2, 0.25) is 5.72 Å². The molecule has 2 heterocycles. The number of carbonyl (C=O) groups is 2. The zero-order chi connectivity index (χ0) is 26.9. The van der Waals surface area contributed by atoms with Crippen LogP contribution in [0, 0.1) is 5.92 Å². The second kappa shape index (κ2) is 10.2.